The Morgan fingerprint density at radius 3 is 2.65 bits per heavy atom. The molecule has 0 amide bonds. The summed E-state index contributed by atoms with van der Waals surface area (Å²) in [5.74, 6) is -0.700. The number of hydrogen-bond donors (Lipinski definition) is 2. The molecule has 1 aromatic carbocycles. The first-order chi connectivity index (χ1) is 9.61. The van der Waals surface area contributed by atoms with E-state index in [2.05, 4.69) is 15.3 Å². The van der Waals surface area contributed by atoms with Gasteiger partial charge in [0, 0.05) is 12.2 Å². The van der Waals surface area contributed by atoms with Gasteiger partial charge >= 0.3 is 5.97 Å². The highest BCUT2D eigenvalue weighted by Crippen LogP contribution is 2.22. The van der Waals surface area contributed by atoms with Crippen LogP contribution in [0, 0.1) is 0 Å². The highest BCUT2D eigenvalue weighted by atomic mass is 32.2. The molecule has 104 valence electrons. The fraction of sp³-hybridized carbons (Fsp3) is 0.214. The summed E-state index contributed by atoms with van der Waals surface area (Å²) in [4.78, 5) is 19.4. The minimum absolute atomic E-state index is 0.0427. The lowest BCUT2D eigenvalue weighted by Crippen LogP contribution is -2.13. The molecule has 0 aliphatic heterocycles. The van der Waals surface area contributed by atoms with Crippen LogP contribution in [0.4, 0.5) is 5.82 Å². The van der Waals surface area contributed by atoms with E-state index in [4.69, 9.17) is 0 Å². The van der Waals surface area contributed by atoms with Crippen molar-refractivity contribution in [2.24, 2.45) is 0 Å². The zero-order valence-electron chi connectivity index (χ0n) is 11.2. The van der Waals surface area contributed by atoms with Crippen LogP contribution in [0.1, 0.15) is 28.9 Å². The van der Waals surface area contributed by atoms with E-state index in [1.165, 1.54) is 18.0 Å². The van der Waals surface area contributed by atoms with Gasteiger partial charge in [-0.1, -0.05) is 42.1 Å². The predicted octanol–water partition coefficient (Wildman–Crippen LogP) is 3.07. The fourth-order valence-electron chi connectivity index (χ4n) is 1.76. The van der Waals surface area contributed by atoms with Crippen molar-refractivity contribution < 1.29 is 9.90 Å². The molecule has 5 nitrogen and oxygen atoms in total. The van der Waals surface area contributed by atoms with E-state index in [9.17, 15) is 9.90 Å². The van der Waals surface area contributed by atoms with Crippen LogP contribution in [-0.4, -0.2) is 27.3 Å². The topological polar surface area (TPSA) is 75.1 Å². The van der Waals surface area contributed by atoms with E-state index in [-0.39, 0.29) is 11.6 Å². The second-order valence-corrected chi connectivity index (χ2v) is 4.97. The van der Waals surface area contributed by atoms with Gasteiger partial charge < -0.3 is 10.4 Å². The average molecular weight is 289 g/mol. The molecule has 1 aromatic heterocycles. The van der Waals surface area contributed by atoms with Crippen LogP contribution in [-0.2, 0) is 0 Å². The van der Waals surface area contributed by atoms with Gasteiger partial charge in [0.2, 0.25) is 0 Å². The number of hydrogen-bond acceptors (Lipinski definition) is 5. The highest BCUT2D eigenvalue weighted by molar-refractivity contribution is 7.98. The van der Waals surface area contributed by atoms with Crippen LogP contribution >= 0.6 is 11.8 Å². The van der Waals surface area contributed by atoms with E-state index in [1.807, 2.05) is 43.5 Å². The van der Waals surface area contributed by atoms with Crippen LogP contribution in [0.5, 0.6) is 0 Å². The first kappa shape index (κ1) is 14.3. The van der Waals surface area contributed by atoms with Crippen molar-refractivity contribution in [3.63, 3.8) is 0 Å². The summed E-state index contributed by atoms with van der Waals surface area (Å²) in [5, 5.41) is 12.9. The number of benzene rings is 1. The maximum absolute atomic E-state index is 11.2. The van der Waals surface area contributed by atoms with Crippen LogP contribution in [0.3, 0.4) is 0 Å². The van der Waals surface area contributed by atoms with Crippen LogP contribution < -0.4 is 5.32 Å². The molecule has 0 spiro atoms. The number of anilines is 1. The molecule has 0 aliphatic rings. The van der Waals surface area contributed by atoms with E-state index in [1.54, 1.807) is 0 Å². The predicted molar refractivity (Wildman–Crippen MR) is 79.3 cm³/mol. The Kier molecular flexibility index (Phi) is 4.57. The molecular formula is C14H15N3O2S. The first-order valence-electron chi connectivity index (χ1n) is 6.07. The molecule has 1 heterocycles. The Balaban J connectivity index is 2.29. The molecule has 2 aromatic rings. The van der Waals surface area contributed by atoms with Crippen molar-refractivity contribution >= 4 is 23.5 Å². The monoisotopic (exact) mass is 289 g/mol. The highest BCUT2D eigenvalue weighted by Gasteiger charge is 2.16. The van der Waals surface area contributed by atoms with Crippen molar-refractivity contribution in [3.05, 3.63) is 47.7 Å². The Morgan fingerprint density at radius 2 is 2.05 bits per heavy atom. The SMILES string of the molecule is CSc1ncc(C(=O)O)c(N[C@@H](C)c2ccccc2)n1. The number of carbonyl (C=O) groups is 1. The Bertz CT molecular complexity index is 605. The van der Waals surface area contributed by atoms with Gasteiger partial charge in [-0.25, -0.2) is 14.8 Å². The summed E-state index contributed by atoms with van der Waals surface area (Å²) in [5.41, 5.74) is 1.14. The zero-order valence-corrected chi connectivity index (χ0v) is 12.0. The summed E-state index contributed by atoms with van der Waals surface area (Å²) in [6.07, 6.45) is 3.18. The van der Waals surface area contributed by atoms with Gasteiger partial charge in [0.1, 0.15) is 11.4 Å². The normalized spacial score (nSPS) is 11.9. The van der Waals surface area contributed by atoms with Crippen molar-refractivity contribution in [2.45, 2.75) is 18.1 Å². The number of carboxylic acid groups (broad SMARTS) is 1. The van der Waals surface area contributed by atoms with Gasteiger partial charge in [0.05, 0.1) is 0 Å². The maximum atomic E-state index is 11.2. The lowest BCUT2D eigenvalue weighted by molar-refractivity contribution is 0.0697. The molecule has 20 heavy (non-hydrogen) atoms. The summed E-state index contributed by atoms with van der Waals surface area (Å²) >= 11 is 1.37. The number of nitrogens with zero attached hydrogens (tertiary/aromatic N) is 2. The van der Waals surface area contributed by atoms with Gasteiger partial charge in [-0.05, 0) is 18.7 Å². The second-order valence-electron chi connectivity index (χ2n) is 4.20. The summed E-state index contributed by atoms with van der Waals surface area (Å²) < 4.78 is 0. The lowest BCUT2D eigenvalue weighted by atomic mass is 10.1. The van der Waals surface area contributed by atoms with Crippen molar-refractivity contribution in [2.75, 3.05) is 11.6 Å². The molecule has 0 radical (unpaired) electrons. The van der Waals surface area contributed by atoms with Gasteiger partial charge in [0.15, 0.2) is 5.16 Å². The van der Waals surface area contributed by atoms with Crippen molar-refractivity contribution in [1.82, 2.24) is 9.97 Å². The molecule has 6 heteroatoms. The fourth-order valence-corrected chi connectivity index (χ4v) is 2.10. The molecule has 0 fully saturated rings. The molecule has 0 saturated carbocycles. The second kappa shape index (κ2) is 6.38. The maximum Gasteiger partial charge on any atom is 0.341 e. The van der Waals surface area contributed by atoms with Crippen molar-refractivity contribution in [1.29, 1.82) is 0 Å². The third-order valence-electron chi connectivity index (χ3n) is 2.83. The summed E-state index contributed by atoms with van der Waals surface area (Å²) in [6.45, 7) is 1.96. The minimum Gasteiger partial charge on any atom is -0.477 e. The number of aromatic carboxylic acids is 1. The zero-order chi connectivity index (χ0) is 14.5. The van der Waals surface area contributed by atoms with Crippen molar-refractivity contribution in [3.8, 4) is 0 Å². The number of thioether (sulfide) groups is 1. The molecule has 2 rings (SSSR count). The number of carboxylic acids is 1. The average Bonchev–Trinajstić information content (AvgIpc) is 2.47. The Labute approximate surface area is 121 Å². The molecule has 0 unspecified atom stereocenters. The number of aromatic nitrogens is 2. The van der Waals surface area contributed by atoms with E-state index >= 15 is 0 Å². The van der Waals surface area contributed by atoms with E-state index in [0.29, 0.717) is 11.0 Å². The van der Waals surface area contributed by atoms with Crippen LogP contribution in [0.25, 0.3) is 0 Å². The van der Waals surface area contributed by atoms with E-state index in [0.717, 1.165) is 5.56 Å². The van der Waals surface area contributed by atoms with Gasteiger partial charge in [0.25, 0.3) is 0 Å². The van der Waals surface area contributed by atoms with Gasteiger partial charge in [-0.2, -0.15) is 0 Å². The third kappa shape index (κ3) is 3.27. The lowest BCUT2D eigenvalue weighted by Gasteiger charge is -2.16. The van der Waals surface area contributed by atoms with Gasteiger partial charge in [-0.3, -0.25) is 0 Å². The molecule has 2 N–H and O–H groups in total. The largest absolute Gasteiger partial charge is 0.477 e. The quantitative estimate of drug-likeness (QED) is 0.651. The summed E-state index contributed by atoms with van der Waals surface area (Å²) in [6, 6.07) is 9.75. The van der Waals surface area contributed by atoms with Crippen LogP contribution in [0.15, 0.2) is 41.7 Å². The molecule has 0 aliphatic carbocycles. The molecule has 0 bridgehead atoms. The molecule has 1 atom stereocenters. The summed E-state index contributed by atoms with van der Waals surface area (Å²) in [7, 11) is 0. The molecule has 0 saturated heterocycles. The van der Waals surface area contributed by atoms with E-state index < -0.39 is 5.97 Å². The molecular weight excluding hydrogens is 274 g/mol. The standard InChI is InChI=1S/C14H15N3O2S/c1-9(10-6-4-3-5-7-10)16-12-11(13(18)19)8-15-14(17-12)20-2/h3-9H,1-2H3,(H,18,19)(H,15,16,17)/t9-/m0/s1. The Hall–Kier alpha value is -2.08. The van der Waals surface area contributed by atoms with Gasteiger partial charge in [-0.15, -0.1) is 0 Å². The third-order valence-corrected chi connectivity index (χ3v) is 3.39. The van der Waals surface area contributed by atoms with Crippen LogP contribution in [0.2, 0.25) is 0 Å². The Morgan fingerprint density at radius 1 is 1.35 bits per heavy atom. The first-order valence-corrected chi connectivity index (χ1v) is 7.30. The minimum atomic E-state index is -1.04. The number of rotatable bonds is 5. The smallest absolute Gasteiger partial charge is 0.341 e. The number of nitrogens with one attached hydrogen (secondary N) is 1.